The number of nitrogens with zero attached hydrogens (tertiary/aromatic N) is 2. The zero-order chi connectivity index (χ0) is 12.1. The van der Waals surface area contributed by atoms with Crippen molar-refractivity contribution in [2.75, 3.05) is 19.6 Å². The van der Waals surface area contributed by atoms with E-state index in [1.165, 1.54) is 0 Å². The zero-order valence-corrected chi connectivity index (χ0v) is 11.0. The van der Waals surface area contributed by atoms with Gasteiger partial charge in [0, 0.05) is 31.1 Å². The van der Waals surface area contributed by atoms with E-state index in [1.807, 2.05) is 23.4 Å². The molecule has 1 amide bonds. The Kier molecular flexibility index (Phi) is 4.50. The second-order valence-electron chi connectivity index (χ2n) is 4.25. The molecule has 0 spiro atoms. The maximum absolute atomic E-state index is 12.1. The molecule has 0 radical (unpaired) electrons. The summed E-state index contributed by atoms with van der Waals surface area (Å²) in [6.07, 6.45) is 4.77. The highest BCUT2D eigenvalue weighted by Gasteiger charge is 2.27. The minimum Gasteiger partial charge on any atom is -0.341 e. The Bertz CT molecular complexity index is 351. The molecule has 1 aromatic heterocycles. The van der Waals surface area contributed by atoms with E-state index >= 15 is 0 Å². The number of carbonyl (C=O) groups is 1. The number of aromatic nitrogens is 1. The number of likely N-dealkylation sites (N-methyl/N-ethyl adjacent to an activating group) is 1. The highest BCUT2D eigenvalue weighted by atomic mass is 32.1. The van der Waals surface area contributed by atoms with Gasteiger partial charge in [-0.3, -0.25) is 4.79 Å². The fraction of sp³-hybridized carbons (Fsp3) is 0.667. The molecule has 94 valence electrons. The van der Waals surface area contributed by atoms with E-state index < -0.39 is 0 Å². The average molecular weight is 253 g/mol. The first-order chi connectivity index (χ1) is 8.31. The summed E-state index contributed by atoms with van der Waals surface area (Å²) in [5.41, 5.74) is 0. The van der Waals surface area contributed by atoms with Gasteiger partial charge in [0.1, 0.15) is 0 Å². The van der Waals surface area contributed by atoms with Gasteiger partial charge in [0.05, 0.1) is 11.0 Å². The van der Waals surface area contributed by atoms with Crippen LogP contribution in [0.15, 0.2) is 11.6 Å². The monoisotopic (exact) mass is 253 g/mol. The number of carbonyl (C=O) groups excluding carboxylic acids is 1. The molecule has 1 N–H and O–H groups in total. The largest absolute Gasteiger partial charge is 0.341 e. The number of hydrogen-bond donors (Lipinski definition) is 1. The predicted octanol–water partition coefficient (Wildman–Crippen LogP) is 1.29. The van der Waals surface area contributed by atoms with Gasteiger partial charge in [-0.05, 0) is 19.4 Å². The molecule has 0 aliphatic carbocycles. The lowest BCUT2D eigenvalue weighted by Gasteiger charge is -2.32. The fourth-order valence-electron chi connectivity index (χ4n) is 2.21. The Morgan fingerprint density at radius 2 is 2.53 bits per heavy atom. The third kappa shape index (κ3) is 3.26. The number of piperidine rings is 1. The first-order valence-corrected chi connectivity index (χ1v) is 7.09. The molecular weight excluding hydrogens is 234 g/mol. The lowest BCUT2D eigenvalue weighted by Crippen LogP contribution is -2.51. The van der Waals surface area contributed by atoms with Crippen LogP contribution in [0.5, 0.6) is 0 Å². The Morgan fingerprint density at radius 1 is 1.65 bits per heavy atom. The van der Waals surface area contributed by atoms with Crippen molar-refractivity contribution in [1.29, 1.82) is 0 Å². The third-order valence-corrected chi connectivity index (χ3v) is 3.90. The van der Waals surface area contributed by atoms with E-state index in [-0.39, 0.29) is 11.9 Å². The summed E-state index contributed by atoms with van der Waals surface area (Å²) >= 11 is 1.66. The van der Waals surface area contributed by atoms with Crippen LogP contribution in [-0.2, 0) is 11.2 Å². The Balaban J connectivity index is 1.85. The van der Waals surface area contributed by atoms with Crippen LogP contribution < -0.4 is 5.32 Å². The van der Waals surface area contributed by atoms with Gasteiger partial charge in [0.15, 0.2) is 0 Å². The van der Waals surface area contributed by atoms with Crippen molar-refractivity contribution in [1.82, 2.24) is 15.2 Å². The van der Waals surface area contributed by atoms with Gasteiger partial charge < -0.3 is 10.2 Å². The van der Waals surface area contributed by atoms with Crippen LogP contribution in [0, 0.1) is 0 Å². The van der Waals surface area contributed by atoms with Crippen LogP contribution in [0.4, 0.5) is 0 Å². The van der Waals surface area contributed by atoms with Gasteiger partial charge in [0.2, 0.25) is 5.91 Å². The smallest absolute Gasteiger partial charge is 0.239 e. The van der Waals surface area contributed by atoms with Crippen molar-refractivity contribution in [3.63, 3.8) is 0 Å². The minimum atomic E-state index is 0.0324. The SMILES string of the molecule is CCNC1CCCN(CCc2nccs2)C1=O. The number of hydrogen-bond acceptors (Lipinski definition) is 4. The predicted molar refractivity (Wildman–Crippen MR) is 69.1 cm³/mol. The van der Waals surface area contributed by atoms with Crippen LogP contribution in [0.1, 0.15) is 24.8 Å². The number of amides is 1. The molecule has 1 fully saturated rings. The summed E-state index contributed by atoms with van der Waals surface area (Å²) < 4.78 is 0. The van der Waals surface area contributed by atoms with Gasteiger partial charge in [0.25, 0.3) is 0 Å². The number of rotatable bonds is 5. The van der Waals surface area contributed by atoms with E-state index in [0.29, 0.717) is 0 Å². The lowest BCUT2D eigenvalue weighted by molar-refractivity contribution is -0.135. The zero-order valence-electron chi connectivity index (χ0n) is 10.2. The van der Waals surface area contributed by atoms with Gasteiger partial charge in [-0.1, -0.05) is 6.92 Å². The molecule has 1 aliphatic rings. The van der Waals surface area contributed by atoms with Crippen LogP contribution in [-0.4, -0.2) is 41.5 Å². The van der Waals surface area contributed by atoms with Crippen molar-refractivity contribution in [3.8, 4) is 0 Å². The van der Waals surface area contributed by atoms with Crippen LogP contribution in [0.2, 0.25) is 0 Å². The first-order valence-electron chi connectivity index (χ1n) is 6.21. The molecule has 0 bridgehead atoms. The van der Waals surface area contributed by atoms with Gasteiger partial charge in [-0.25, -0.2) is 4.98 Å². The topological polar surface area (TPSA) is 45.2 Å². The average Bonchev–Trinajstić information content (AvgIpc) is 2.83. The van der Waals surface area contributed by atoms with E-state index in [2.05, 4.69) is 10.3 Å². The maximum Gasteiger partial charge on any atom is 0.239 e. The van der Waals surface area contributed by atoms with E-state index in [4.69, 9.17) is 0 Å². The summed E-state index contributed by atoms with van der Waals surface area (Å²) in [6, 6.07) is 0.0324. The molecule has 2 rings (SSSR count). The molecule has 0 aromatic carbocycles. The molecule has 17 heavy (non-hydrogen) atoms. The van der Waals surface area contributed by atoms with Gasteiger partial charge in [-0.2, -0.15) is 0 Å². The van der Waals surface area contributed by atoms with Crippen molar-refractivity contribution < 1.29 is 4.79 Å². The Morgan fingerprint density at radius 3 is 3.24 bits per heavy atom. The van der Waals surface area contributed by atoms with Crippen LogP contribution in [0.3, 0.4) is 0 Å². The summed E-state index contributed by atoms with van der Waals surface area (Å²) in [5, 5.41) is 6.35. The summed E-state index contributed by atoms with van der Waals surface area (Å²) in [7, 11) is 0. The lowest BCUT2D eigenvalue weighted by atomic mass is 10.0. The third-order valence-electron chi connectivity index (χ3n) is 3.06. The first kappa shape index (κ1) is 12.5. The minimum absolute atomic E-state index is 0.0324. The quantitative estimate of drug-likeness (QED) is 0.860. The van der Waals surface area contributed by atoms with Crippen molar-refractivity contribution in [3.05, 3.63) is 16.6 Å². The molecule has 1 saturated heterocycles. The van der Waals surface area contributed by atoms with Crippen molar-refractivity contribution >= 4 is 17.2 Å². The maximum atomic E-state index is 12.1. The van der Waals surface area contributed by atoms with E-state index in [1.54, 1.807) is 11.3 Å². The van der Waals surface area contributed by atoms with Gasteiger partial charge >= 0.3 is 0 Å². The second-order valence-corrected chi connectivity index (χ2v) is 5.23. The molecule has 1 aromatic rings. The molecule has 1 unspecified atom stereocenters. The highest BCUT2D eigenvalue weighted by Crippen LogP contribution is 2.13. The Hall–Kier alpha value is -0.940. The van der Waals surface area contributed by atoms with Crippen LogP contribution >= 0.6 is 11.3 Å². The van der Waals surface area contributed by atoms with Crippen LogP contribution in [0.25, 0.3) is 0 Å². The fourth-order valence-corrected chi connectivity index (χ4v) is 2.81. The molecular formula is C12H19N3OS. The highest BCUT2D eigenvalue weighted by molar-refractivity contribution is 7.09. The standard InChI is InChI=1S/C12H19N3OS/c1-2-13-10-4-3-7-15(12(10)16)8-5-11-14-6-9-17-11/h6,9-10,13H,2-5,7-8H2,1H3. The van der Waals surface area contributed by atoms with Crippen molar-refractivity contribution in [2.45, 2.75) is 32.2 Å². The van der Waals surface area contributed by atoms with E-state index in [0.717, 1.165) is 43.9 Å². The van der Waals surface area contributed by atoms with Gasteiger partial charge in [-0.15, -0.1) is 11.3 Å². The molecule has 2 heterocycles. The summed E-state index contributed by atoms with van der Waals surface area (Å²) in [6.45, 7) is 4.60. The molecule has 4 nitrogen and oxygen atoms in total. The second kappa shape index (κ2) is 6.12. The number of likely N-dealkylation sites (tertiary alicyclic amines) is 1. The van der Waals surface area contributed by atoms with Crippen molar-refractivity contribution in [2.24, 2.45) is 0 Å². The summed E-state index contributed by atoms with van der Waals surface area (Å²) in [5.74, 6) is 0.259. The van der Waals surface area contributed by atoms with E-state index in [9.17, 15) is 4.79 Å². The summed E-state index contributed by atoms with van der Waals surface area (Å²) in [4.78, 5) is 18.3. The molecule has 5 heteroatoms. The number of nitrogens with one attached hydrogen (secondary N) is 1. The molecule has 0 saturated carbocycles. The number of thiazole rings is 1. The Labute approximate surface area is 106 Å². The normalized spacial score (nSPS) is 20.9. The molecule has 1 atom stereocenters. The molecule has 1 aliphatic heterocycles.